The van der Waals surface area contributed by atoms with Crippen molar-refractivity contribution in [3.05, 3.63) is 39.6 Å². The fourth-order valence-electron chi connectivity index (χ4n) is 1.77. The van der Waals surface area contributed by atoms with Gasteiger partial charge in [0.25, 0.3) is 10.0 Å². The van der Waals surface area contributed by atoms with Gasteiger partial charge in [0, 0.05) is 11.0 Å². The van der Waals surface area contributed by atoms with E-state index in [1.807, 2.05) is 0 Å². The highest BCUT2D eigenvalue weighted by Gasteiger charge is 2.21. The molecular weight excluding hydrogens is 344 g/mol. The Hall–Kier alpha value is -1.38. The van der Waals surface area contributed by atoms with Crippen molar-refractivity contribution in [2.75, 3.05) is 4.72 Å². The van der Waals surface area contributed by atoms with Crippen LogP contribution >= 0.6 is 15.9 Å². The van der Waals surface area contributed by atoms with Crippen LogP contribution in [0.5, 0.6) is 0 Å². The summed E-state index contributed by atoms with van der Waals surface area (Å²) in [5, 5.41) is 6.71. The zero-order valence-corrected chi connectivity index (χ0v) is 13.5. The second-order valence-electron chi connectivity index (χ2n) is 4.38. The molecule has 1 aromatic heterocycles. The predicted molar refractivity (Wildman–Crippen MR) is 80.9 cm³/mol. The van der Waals surface area contributed by atoms with Crippen molar-refractivity contribution in [1.29, 1.82) is 0 Å². The van der Waals surface area contributed by atoms with Crippen molar-refractivity contribution in [3.8, 4) is 0 Å². The molecule has 0 spiro atoms. The van der Waals surface area contributed by atoms with Gasteiger partial charge in [0.05, 0.1) is 17.1 Å². The molecule has 0 atom stereocenters. The quantitative estimate of drug-likeness (QED) is 0.778. The Morgan fingerprint density at radius 2 is 2.10 bits per heavy atom. The van der Waals surface area contributed by atoms with Crippen LogP contribution in [0.15, 0.2) is 27.6 Å². The summed E-state index contributed by atoms with van der Waals surface area (Å²) in [7, 11) is -3.70. The number of aromatic nitrogens is 2. The second kappa shape index (κ2) is 5.55. The Morgan fingerprint density at radius 3 is 2.65 bits per heavy atom. The average Bonchev–Trinajstić information content (AvgIpc) is 2.70. The van der Waals surface area contributed by atoms with Crippen LogP contribution in [0, 0.1) is 13.8 Å². The highest BCUT2D eigenvalue weighted by molar-refractivity contribution is 9.10. The molecule has 0 aliphatic heterocycles. The van der Waals surface area contributed by atoms with Crippen molar-refractivity contribution in [3.63, 3.8) is 0 Å². The van der Waals surface area contributed by atoms with Gasteiger partial charge in [0.1, 0.15) is 4.90 Å². The highest BCUT2D eigenvalue weighted by atomic mass is 79.9. The lowest BCUT2D eigenvalue weighted by Crippen LogP contribution is -2.15. The number of benzene rings is 1. The topological polar surface area (TPSA) is 101 Å². The van der Waals surface area contributed by atoms with E-state index in [-0.39, 0.29) is 11.4 Å². The number of nitrogens with two attached hydrogens (primary N) is 1. The van der Waals surface area contributed by atoms with Crippen LogP contribution in [-0.2, 0) is 16.6 Å². The minimum Gasteiger partial charge on any atom is -0.326 e. The summed E-state index contributed by atoms with van der Waals surface area (Å²) in [6, 6.07) is 5.00. The average molecular weight is 359 g/mol. The maximum Gasteiger partial charge on any atom is 0.263 e. The highest BCUT2D eigenvalue weighted by Crippen LogP contribution is 2.27. The van der Waals surface area contributed by atoms with Gasteiger partial charge in [-0.2, -0.15) is 5.10 Å². The van der Waals surface area contributed by atoms with Gasteiger partial charge in [-0.15, -0.1) is 0 Å². The van der Waals surface area contributed by atoms with Crippen molar-refractivity contribution in [2.24, 2.45) is 5.73 Å². The van der Waals surface area contributed by atoms with E-state index in [1.165, 1.54) is 0 Å². The number of rotatable bonds is 4. The van der Waals surface area contributed by atoms with Gasteiger partial charge in [-0.25, -0.2) is 8.42 Å². The van der Waals surface area contributed by atoms with Gasteiger partial charge < -0.3 is 5.73 Å². The molecule has 0 aliphatic rings. The minimum atomic E-state index is -3.70. The third-order valence-electron chi connectivity index (χ3n) is 2.89. The van der Waals surface area contributed by atoms with Crippen LogP contribution in [0.2, 0.25) is 0 Å². The van der Waals surface area contributed by atoms with E-state index >= 15 is 0 Å². The molecule has 0 saturated heterocycles. The standard InChI is InChI=1S/C12H15BrN4O2S/c1-7-12(8(2)16-15-7)17-20(18,19)11-5-9(6-14)3-4-10(11)13/h3-5,17H,6,14H2,1-2H3,(H,15,16). The summed E-state index contributed by atoms with van der Waals surface area (Å²) in [5.74, 6) is 0. The number of nitrogens with zero attached hydrogens (tertiary/aromatic N) is 1. The normalized spacial score (nSPS) is 11.6. The Morgan fingerprint density at radius 1 is 1.40 bits per heavy atom. The number of hydrogen-bond acceptors (Lipinski definition) is 4. The molecule has 2 aromatic rings. The molecule has 0 saturated carbocycles. The van der Waals surface area contributed by atoms with Gasteiger partial charge in [-0.05, 0) is 47.5 Å². The fraction of sp³-hybridized carbons (Fsp3) is 0.250. The van der Waals surface area contributed by atoms with E-state index in [4.69, 9.17) is 5.73 Å². The van der Waals surface area contributed by atoms with Crippen LogP contribution in [0.1, 0.15) is 17.0 Å². The first-order valence-corrected chi connectivity index (χ1v) is 8.15. The van der Waals surface area contributed by atoms with E-state index in [1.54, 1.807) is 32.0 Å². The van der Waals surface area contributed by atoms with Crippen molar-refractivity contribution >= 4 is 31.6 Å². The lowest BCUT2D eigenvalue weighted by Gasteiger charge is -2.11. The van der Waals surface area contributed by atoms with Crippen molar-refractivity contribution < 1.29 is 8.42 Å². The molecule has 1 aromatic carbocycles. The Bertz CT molecular complexity index is 720. The number of H-pyrrole nitrogens is 1. The number of sulfonamides is 1. The SMILES string of the molecule is Cc1n[nH]c(C)c1NS(=O)(=O)c1cc(CN)ccc1Br. The first-order chi connectivity index (χ1) is 9.35. The molecule has 0 fully saturated rings. The van der Waals surface area contributed by atoms with Crippen LogP contribution in [-0.4, -0.2) is 18.6 Å². The summed E-state index contributed by atoms with van der Waals surface area (Å²) < 4.78 is 28.0. The molecule has 0 aliphatic carbocycles. The number of hydrogen-bond donors (Lipinski definition) is 3. The number of aryl methyl sites for hydroxylation is 2. The van der Waals surface area contributed by atoms with Crippen molar-refractivity contribution in [1.82, 2.24) is 10.2 Å². The molecule has 0 bridgehead atoms. The number of anilines is 1. The third-order valence-corrected chi connectivity index (χ3v) is 5.23. The number of halogens is 1. The minimum absolute atomic E-state index is 0.153. The molecule has 0 radical (unpaired) electrons. The van der Waals surface area contributed by atoms with Crippen LogP contribution in [0.25, 0.3) is 0 Å². The smallest absolute Gasteiger partial charge is 0.263 e. The lowest BCUT2D eigenvalue weighted by atomic mass is 10.2. The summed E-state index contributed by atoms with van der Waals surface area (Å²) >= 11 is 3.25. The van der Waals surface area contributed by atoms with E-state index in [2.05, 4.69) is 30.8 Å². The van der Waals surface area contributed by atoms with Gasteiger partial charge in [0.2, 0.25) is 0 Å². The molecule has 20 heavy (non-hydrogen) atoms. The summed E-state index contributed by atoms with van der Waals surface area (Å²) in [6.45, 7) is 3.76. The number of nitrogens with one attached hydrogen (secondary N) is 2. The summed E-state index contributed by atoms with van der Waals surface area (Å²) in [6.07, 6.45) is 0. The van der Waals surface area contributed by atoms with Gasteiger partial charge in [-0.1, -0.05) is 6.07 Å². The molecule has 2 rings (SSSR count). The maximum atomic E-state index is 12.5. The van der Waals surface area contributed by atoms with Crippen LogP contribution in [0.3, 0.4) is 0 Å². The maximum absolute atomic E-state index is 12.5. The van der Waals surface area contributed by atoms with Gasteiger partial charge in [-0.3, -0.25) is 9.82 Å². The first kappa shape index (κ1) is 15.0. The predicted octanol–water partition coefficient (Wildman–Crippen LogP) is 2.05. The third kappa shape index (κ3) is 2.87. The zero-order chi connectivity index (χ0) is 14.9. The van der Waals surface area contributed by atoms with Gasteiger partial charge >= 0.3 is 0 Å². The second-order valence-corrected chi connectivity index (χ2v) is 6.89. The molecule has 0 amide bonds. The lowest BCUT2D eigenvalue weighted by molar-refractivity contribution is 0.600. The Balaban J connectivity index is 2.46. The van der Waals surface area contributed by atoms with Gasteiger partial charge in [0.15, 0.2) is 0 Å². The monoisotopic (exact) mass is 358 g/mol. The molecule has 108 valence electrons. The van der Waals surface area contributed by atoms with E-state index in [9.17, 15) is 8.42 Å². The van der Waals surface area contributed by atoms with Crippen LogP contribution < -0.4 is 10.5 Å². The molecule has 8 heteroatoms. The molecular formula is C12H15BrN4O2S. The first-order valence-electron chi connectivity index (χ1n) is 5.88. The summed E-state index contributed by atoms with van der Waals surface area (Å²) in [4.78, 5) is 0.153. The van der Waals surface area contributed by atoms with E-state index < -0.39 is 10.0 Å². The molecule has 1 heterocycles. The largest absolute Gasteiger partial charge is 0.326 e. The molecule has 6 nitrogen and oxygen atoms in total. The fourth-order valence-corrected chi connectivity index (χ4v) is 3.97. The van der Waals surface area contributed by atoms with Crippen LogP contribution in [0.4, 0.5) is 5.69 Å². The molecule has 0 unspecified atom stereocenters. The van der Waals surface area contributed by atoms with Crippen molar-refractivity contribution in [2.45, 2.75) is 25.3 Å². The van der Waals surface area contributed by atoms with E-state index in [0.717, 1.165) is 5.56 Å². The summed E-state index contributed by atoms with van der Waals surface area (Å²) in [5.41, 5.74) is 8.02. The Labute approximate surface area is 125 Å². The molecule has 4 N–H and O–H groups in total. The number of aromatic amines is 1. The van der Waals surface area contributed by atoms with E-state index in [0.29, 0.717) is 21.5 Å². The zero-order valence-electron chi connectivity index (χ0n) is 11.1. The Kier molecular flexibility index (Phi) is 4.17.